The van der Waals surface area contributed by atoms with Crippen molar-refractivity contribution < 1.29 is 9.53 Å². The maximum absolute atomic E-state index is 12.5. The van der Waals surface area contributed by atoms with Crippen molar-refractivity contribution in [2.45, 2.75) is 46.0 Å². The molecule has 2 heterocycles. The van der Waals surface area contributed by atoms with Gasteiger partial charge in [0.15, 0.2) is 0 Å². The maximum atomic E-state index is 12.5. The molecule has 142 valence electrons. The number of hydrogen-bond acceptors (Lipinski definition) is 3. The molecule has 0 fully saturated rings. The van der Waals surface area contributed by atoms with Gasteiger partial charge in [0.25, 0.3) is 0 Å². The predicted molar refractivity (Wildman–Crippen MR) is 109 cm³/mol. The fourth-order valence-electron chi connectivity index (χ4n) is 3.20. The smallest absolute Gasteiger partial charge is 0.225 e. The molecule has 0 unspecified atom stereocenters. The van der Waals surface area contributed by atoms with Crippen LogP contribution < -0.4 is 10.1 Å². The number of amides is 1. The van der Waals surface area contributed by atoms with E-state index in [0.717, 1.165) is 53.9 Å². The number of methoxy groups -OCH3 is 1. The first-order valence-electron chi connectivity index (χ1n) is 9.56. The number of anilines is 1. The number of rotatable bonds is 8. The van der Waals surface area contributed by atoms with Crippen LogP contribution in [-0.4, -0.2) is 22.4 Å². The van der Waals surface area contributed by atoms with E-state index < -0.39 is 0 Å². The number of fused-ring (bicyclic) bond motifs is 1. The number of para-hydroxylation sites is 1. The largest absolute Gasteiger partial charge is 0.496 e. The van der Waals surface area contributed by atoms with Gasteiger partial charge in [0, 0.05) is 18.2 Å². The number of nitrogens with zero attached hydrogens (tertiary/aromatic N) is 2. The van der Waals surface area contributed by atoms with Gasteiger partial charge in [0.05, 0.1) is 7.11 Å². The molecule has 2 aromatic heterocycles. The molecule has 0 aliphatic rings. The number of imidazole rings is 1. The van der Waals surface area contributed by atoms with Crippen LogP contribution >= 0.6 is 0 Å². The zero-order valence-electron chi connectivity index (χ0n) is 16.3. The van der Waals surface area contributed by atoms with Crippen molar-refractivity contribution in [3.8, 4) is 17.0 Å². The van der Waals surface area contributed by atoms with Gasteiger partial charge in [-0.15, -0.1) is 0 Å². The molecule has 1 aromatic carbocycles. The van der Waals surface area contributed by atoms with E-state index in [1.165, 1.54) is 0 Å². The van der Waals surface area contributed by atoms with Crippen LogP contribution in [0.1, 0.15) is 44.6 Å². The van der Waals surface area contributed by atoms with E-state index >= 15 is 0 Å². The Kier molecular flexibility index (Phi) is 6.12. The van der Waals surface area contributed by atoms with Gasteiger partial charge >= 0.3 is 0 Å². The van der Waals surface area contributed by atoms with Gasteiger partial charge in [0.2, 0.25) is 5.91 Å². The molecule has 0 saturated carbocycles. The predicted octanol–water partition coefficient (Wildman–Crippen LogP) is 5.23. The molecule has 0 aliphatic heterocycles. The molecule has 27 heavy (non-hydrogen) atoms. The second kappa shape index (κ2) is 8.71. The van der Waals surface area contributed by atoms with Crippen molar-refractivity contribution in [3.63, 3.8) is 0 Å². The van der Waals surface area contributed by atoms with Gasteiger partial charge in [-0.05, 0) is 43.2 Å². The summed E-state index contributed by atoms with van der Waals surface area (Å²) in [6.45, 7) is 4.20. The highest BCUT2D eigenvalue weighted by molar-refractivity contribution is 5.95. The van der Waals surface area contributed by atoms with Gasteiger partial charge in [-0.1, -0.05) is 38.3 Å². The number of pyridine rings is 1. The monoisotopic (exact) mass is 365 g/mol. The second-order valence-corrected chi connectivity index (χ2v) is 6.80. The van der Waals surface area contributed by atoms with Crippen molar-refractivity contribution in [2.24, 2.45) is 0 Å². The van der Waals surface area contributed by atoms with E-state index in [0.29, 0.717) is 12.2 Å². The molecule has 0 bridgehead atoms. The Hall–Kier alpha value is -2.82. The lowest BCUT2D eigenvalue weighted by atomic mass is 10.1. The minimum absolute atomic E-state index is 0.0182. The van der Waals surface area contributed by atoms with Crippen molar-refractivity contribution in [2.75, 3.05) is 12.4 Å². The summed E-state index contributed by atoms with van der Waals surface area (Å²) in [6, 6.07) is 11.8. The molecule has 3 rings (SSSR count). The first kappa shape index (κ1) is 19.0. The van der Waals surface area contributed by atoms with Crippen LogP contribution in [0.4, 0.5) is 5.82 Å². The highest BCUT2D eigenvalue weighted by atomic mass is 16.5. The summed E-state index contributed by atoms with van der Waals surface area (Å²) in [7, 11) is 1.64. The van der Waals surface area contributed by atoms with E-state index in [1.54, 1.807) is 7.11 Å². The Morgan fingerprint density at radius 2 is 2.00 bits per heavy atom. The van der Waals surface area contributed by atoms with E-state index in [-0.39, 0.29) is 5.91 Å². The fourth-order valence-corrected chi connectivity index (χ4v) is 3.20. The lowest BCUT2D eigenvalue weighted by Crippen LogP contribution is -2.13. The standard InChI is InChI=1S/C22H27N3O2/c1-4-5-6-7-12-20(26)24-22-21(17-10-8-9-11-18(17)27-3)23-19-15-16(2)13-14-25(19)22/h8-11,13-15H,4-7,12H2,1-3H3,(H,24,26). The Labute approximate surface area is 160 Å². The van der Waals surface area contributed by atoms with Gasteiger partial charge in [-0.2, -0.15) is 0 Å². The summed E-state index contributed by atoms with van der Waals surface area (Å²) < 4.78 is 7.44. The number of benzene rings is 1. The van der Waals surface area contributed by atoms with Crippen molar-refractivity contribution in [1.29, 1.82) is 0 Å². The number of carbonyl (C=O) groups excluding carboxylic acids is 1. The van der Waals surface area contributed by atoms with Crippen LogP contribution in [0.25, 0.3) is 16.9 Å². The van der Waals surface area contributed by atoms with Crippen LogP contribution in [0, 0.1) is 6.92 Å². The normalized spacial score (nSPS) is 10.9. The molecule has 1 amide bonds. The van der Waals surface area contributed by atoms with Crippen LogP contribution in [0.15, 0.2) is 42.6 Å². The third kappa shape index (κ3) is 4.30. The van der Waals surface area contributed by atoms with Crippen LogP contribution in [0.2, 0.25) is 0 Å². The summed E-state index contributed by atoms with van der Waals surface area (Å²) in [5, 5.41) is 3.09. The molecular weight excluding hydrogens is 338 g/mol. The number of aryl methyl sites for hydroxylation is 1. The van der Waals surface area contributed by atoms with Gasteiger partial charge < -0.3 is 10.1 Å². The Bertz CT molecular complexity index is 930. The number of carbonyl (C=O) groups is 1. The lowest BCUT2D eigenvalue weighted by molar-refractivity contribution is -0.116. The zero-order chi connectivity index (χ0) is 19.2. The summed E-state index contributed by atoms with van der Waals surface area (Å²) >= 11 is 0. The first-order valence-corrected chi connectivity index (χ1v) is 9.56. The highest BCUT2D eigenvalue weighted by Gasteiger charge is 2.19. The van der Waals surface area contributed by atoms with E-state index in [9.17, 15) is 4.79 Å². The number of ether oxygens (including phenoxy) is 1. The minimum atomic E-state index is 0.0182. The SMILES string of the molecule is CCCCCCC(=O)Nc1c(-c2ccccc2OC)nc2cc(C)ccn12. The molecule has 0 radical (unpaired) electrons. The molecule has 5 heteroatoms. The van der Waals surface area contributed by atoms with E-state index in [2.05, 4.69) is 12.2 Å². The average Bonchev–Trinajstić information content (AvgIpc) is 3.02. The van der Waals surface area contributed by atoms with Gasteiger partial charge in [0.1, 0.15) is 22.9 Å². The molecule has 0 saturated heterocycles. The Morgan fingerprint density at radius 3 is 2.78 bits per heavy atom. The quantitative estimate of drug-likeness (QED) is 0.556. The molecule has 0 atom stereocenters. The van der Waals surface area contributed by atoms with Crippen molar-refractivity contribution in [1.82, 2.24) is 9.38 Å². The molecular formula is C22H27N3O2. The first-order chi connectivity index (χ1) is 13.1. The van der Waals surface area contributed by atoms with E-state index in [1.807, 2.05) is 53.9 Å². The number of unbranched alkanes of at least 4 members (excludes halogenated alkanes) is 3. The molecule has 1 N–H and O–H groups in total. The minimum Gasteiger partial charge on any atom is -0.496 e. The number of aromatic nitrogens is 2. The van der Waals surface area contributed by atoms with Gasteiger partial charge in [-0.3, -0.25) is 9.20 Å². The van der Waals surface area contributed by atoms with Crippen LogP contribution in [0.5, 0.6) is 5.75 Å². The topological polar surface area (TPSA) is 55.6 Å². The molecule has 5 nitrogen and oxygen atoms in total. The third-order valence-electron chi connectivity index (χ3n) is 4.66. The number of nitrogens with one attached hydrogen (secondary N) is 1. The molecule has 3 aromatic rings. The molecule has 0 aliphatic carbocycles. The summed E-state index contributed by atoms with van der Waals surface area (Å²) in [5.41, 5.74) is 3.51. The van der Waals surface area contributed by atoms with Crippen LogP contribution in [-0.2, 0) is 4.79 Å². The second-order valence-electron chi connectivity index (χ2n) is 6.80. The lowest BCUT2D eigenvalue weighted by Gasteiger charge is -2.10. The van der Waals surface area contributed by atoms with Crippen molar-refractivity contribution >= 4 is 17.4 Å². The zero-order valence-corrected chi connectivity index (χ0v) is 16.3. The number of hydrogen-bond donors (Lipinski definition) is 1. The van der Waals surface area contributed by atoms with Gasteiger partial charge in [-0.25, -0.2) is 4.98 Å². The summed E-state index contributed by atoms with van der Waals surface area (Å²) in [6.07, 6.45) is 6.77. The summed E-state index contributed by atoms with van der Waals surface area (Å²) in [4.78, 5) is 17.3. The van der Waals surface area contributed by atoms with Crippen molar-refractivity contribution in [3.05, 3.63) is 48.2 Å². The Morgan fingerprint density at radius 1 is 1.19 bits per heavy atom. The maximum Gasteiger partial charge on any atom is 0.225 e. The third-order valence-corrected chi connectivity index (χ3v) is 4.66. The molecule has 0 spiro atoms. The van der Waals surface area contributed by atoms with Crippen LogP contribution in [0.3, 0.4) is 0 Å². The fraction of sp³-hybridized carbons (Fsp3) is 0.364. The highest BCUT2D eigenvalue weighted by Crippen LogP contribution is 2.35. The van der Waals surface area contributed by atoms with E-state index in [4.69, 9.17) is 9.72 Å². The average molecular weight is 365 g/mol. The summed E-state index contributed by atoms with van der Waals surface area (Å²) in [5.74, 6) is 1.44. The Balaban J connectivity index is 1.98.